The van der Waals surface area contributed by atoms with Crippen LogP contribution in [0.1, 0.15) is 30.8 Å². The zero-order valence-corrected chi connectivity index (χ0v) is 17.9. The summed E-state index contributed by atoms with van der Waals surface area (Å²) < 4.78 is 13.5. The molecule has 2 aromatic carbocycles. The highest BCUT2D eigenvalue weighted by Gasteiger charge is 2.10. The van der Waals surface area contributed by atoms with Crippen LogP contribution in [0.15, 0.2) is 44.7 Å². The van der Waals surface area contributed by atoms with E-state index in [2.05, 4.69) is 26.0 Å². The minimum atomic E-state index is -0.214. The molecule has 3 aromatic rings. The number of hydrogen-bond acceptors (Lipinski definition) is 5. The predicted octanol–water partition coefficient (Wildman–Crippen LogP) is 4.46. The van der Waals surface area contributed by atoms with Crippen LogP contribution in [0, 0.1) is 13.8 Å². The van der Waals surface area contributed by atoms with Gasteiger partial charge in [0.05, 0.1) is 30.3 Å². The number of rotatable bonds is 6. The van der Waals surface area contributed by atoms with Gasteiger partial charge in [-0.1, -0.05) is 15.9 Å². The summed E-state index contributed by atoms with van der Waals surface area (Å²) in [6, 6.07) is 9.22. The van der Waals surface area contributed by atoms with E-state index in [-0.39, 0.29) is 5.56 Å². The predicted molar refractivity (Wildman–Crippen MR) is 115 cm³/mol. The second kappa shape index (κ2) is 8.56. The first-order valence-electron chi connectivity index (χ1n) is 9.08. The lowest BCUT2D eigenvalue weighted by atomic mass is 10.1. The van der Waals surface area contributed by atoms with E-state index in [0.29, 0.717) is 41.4 Å². The van der Waals surface area contributed by atoms with Crippen molar-refractivity contribution in [2.24, 2.45) is 5.10 Å². The topological polar surface area (TPSA) is 65.7 Å². The molecule has 7 heteroatoms. The normalized spacial score (nSPS) is 11.3. The summed E-state index contributed by atoms with van der Waals surface area (Å²) in [6.07, 6.45) is 1.65. The Hall–Kier alpha value is -2.67. The van der Waals surface area contributed by atoms with E-state index in [1.807, 2.05) is 45.0 Å². The number of fused-ring (bicyclic) bond motifs is 1. The van der Waals surface area contributed by atoms with Gasteiger partial charge in [0.1, 0.15) is 5.82 Å². The monoisotopic (exact) mass is 443 g/mol. The molecular weight excluding hydrogens is 422 g/mol. The van der Waals surface area contributed by atoms with Gasteiger partial charge >= 0.3 is 0 Å². The summed E-state index contributed by atoms with van der Waals surface area (Å²) in [5.74, 6) is 1.87. The molecule has 0 fully saturated rings. The van der Waals surface area contributed by atoms with Crippen molar-refractivity contribution in [3.05, 3.63) is 62.1 Å². The molecular formula is C21H22BrN3O3. The van der Waals surface area contributed by atoms with Crippen molar-refractivity contribution in [2.45, 2.75) is 27.7 Å². The molecule has 6 nitrogen and oxygen atoms in total. The Kier molecular flexibility index (Phi) is 6.14. The van der Waals surface area contributed by atoms with Crippen LogP contribution in [-0.2, 0) is 0 Å². The molecule has 0 aliphatic rings. The second-order valence-electron chi connectivity index (χ2n) is 6.20. The van der Waals surface area contributed by atoms with Crippen molar-refractivity contribution in [3.63, 3.8) is 0 Å². The van der Waals surface area contributed by atoms with Gasteiger partial charge in [0, 0.05) is 10.0 Å². The quantitative estimate of drug-likeness (QED) is 0.527. The van der Waals surface area contributed by atoms with E-state index in [0.717, 1.165) is 15.6 Å². The molecule has 0 aliphatic heterocycles. The van der Waals surface area contributed by atoms with E-state index >= 15 is 0 Å². The largest absolute Gasteiger partial charge is 0.490 e. The first-order chi connectivity index (χ1) is 13.4. The molecule has 3 rings (SSSR count). The summed E-state index contributed by atoms with van der Waals surface area (Å²) in [4.78, 5) is 17.3. The molecule has 0 bridgehead atoms. The first-order valence-corrected chi connectivity index (χ1v) is 9.87. The standard InChI is InChI=1S/C21H22BrN3O3/c1-5-27-19-9-13(3)15(10-20(19)28-6-2)12-23-25-14(4)24-18-8-7-16(22)11-17(18)21(25)26/h7-12H,5-6H2,1-4H3. The van der Waals surface area contributed by atoms with Crippen molar-refractivity contribution in [1.82, 2.24) is 9.66 Å². The molecule has 0 amide bonds. The molecule has 0 unspecified atom stereocenters. The van der Waals surface area contributed by atoms with Crippen molar-refractivity contribution in [2.75, 3.05) is 13.2 Å². The highest BCUT2D eigenvalue weighted by Crippen LogP contribution is 2.30. The Balaban J connectivity index is 2.06. The Labute approximate surface area is 171 Å². The molecule has 0 aliphatic carbocycles. The molecule has 0 spiro atoms. The van der Waals surface area contributed by atoms with Crippen molar-refractivity contribution < 1.29 is 9.47 Å². The lowest BCUT2D eigenvalue weighted by molar-refractivity contribution is 0.287. The smallest absolute Gasteiger partial charge is 0.282 e. The van der Waals surface area contributed by atoms with Gasteiger partial charge in [-0.05, 0) is 63.6 Å². The summed E-state index contributed by atoms with van der Waals surface area (Å²) >= 11 is 3.40. The Morgan fingerprint density at radius 1 is 1.11 bits per heavy atom. The average Bonchev–Trinajstić information content (AvgIpc) is 2.65. The van der Waals surface area contributed by atoms with Gasteiger partial charge < -0.3 is 9.47 Å². The maximum atomic E-state index is 12.9. The van der Waals surface area contributed by atoms with Gasteiger partial charge in [-0.25, -0.2) is 4.98 Å². The number of ether oxygens (including phenoxy) is 2. The summed E-state index contributed by atoms with van der Waals surface area (Å²) in [7, 11) is 0. The van der Waals surface area contributed by atoms with Gasteiger partial charge in [0.2, 0.25) is 0 Å². The molecule has 28 heavy (non-hydrogen) atoms. The van der Waals surface area contributed by atoms with E-state index in [1.54, 1.807) is 19.2 Å². The van der Waals surface area contributed by atoms with Crippen LogP contribution in [-0.4, -0.2) is 29.1 Å². The zero-order valence-electron chi connectivity index (χ0n) is 16.3. The van der Waals surface area contributed by atoms with Crippen molar-refractivity contribution in [1.29, 1.82) is 0 Å². The third-order valence-corrected chi connectivity index (χ3v) is 4.71. The maximum absolute atomic E-state index is 12.9. The van der Waals surface area contributed by atoms with E-state index < -0.39 is 0 Å². The van der Waals surface area contributed by atoms with Crippen LogP contribution in [0.25, 0.3) is 10.9 Å². The fourth-order valence-corrected chi connectivity index (χ4v) is 3.23. The summed E-state index contributed by atoms with van der Waals surface area (Å²) in [5.41, 5.74) is 2.24. The minimum Gasteiger partial charge on any atom is -0.490 e. The SMILES string of the molecule is CCOc1cc(C)c(C=Nn2c(C)nc3ccc(Br)cc3c2=O)cc1OCC. The van der Waals surface area contributed by atoms with Crippen molar-refractivity contribution in [3.8, 4) is 11.5 Å². The molecule has 0 saturated carbocycles. The summed E-state index contributed by atoms with van der Waals surface area (Å²) in [5, 5.41) is 4.91. The number of aromatic nitrogens is 2. The van der Waals surface area contributed by atoms with Crippen LogP contribution in [0.4, 0.5) is 0 Å². The lowest BCUT2D eigenvalue weighted by Gasteiger charge is -2.13. The van der Waals surface area contributed by atoms with Gasteiger partial charge in [-0.2, -0.15) is 9.78 Å². The van der Waals surface area contributed by atoms with E-state index in [9.17, 15) is 4.79 Å². The van der Waals surface area contributed by atoms with Crippen LogP contribution in [0.5, 0.6) is 11.5 Å². The third kappa shape index (κ3) is 4.09. The highest BCUT2D eigenvalue weighted by atomic mass is 79.9. The van der Waals surface area contributed by atoms with Crippen LogP contribution >= 0.6 is 15.9 Å². The Morgan fingerprint density at radius 3 is 2.46 bits per heavy atom. The second-order valence-corrected chi connectivity index (χ2v) is 7.12. The molecule has 0 saturated heterocycles. The molecule has 1 heterocycles. The van der Waals surface area contributed by atoms with Gasteiger partial charge in [0.15, 0.2) is 11.5 Å². The van der Waals surface area contributed by atoms with E-state index in [4.69, 9.17) is 9.47 Å². The molecule has 146 valence electrons. The Bertz CT molecular complexity index is 1110. The first kappa shape index (κ1) is 20.1. The van der Waals surface area contributed by atoms with Gasteiger partial charge in [-0.3, -0.25) is 4.79 Å². The number of hydrogen-bond donors (Lipinski definition) is 0. The fraction of sp³-hybridized carbons (Fsp3) is 0.286. The number of aryl methyl sites for hydroxylation is 2. The number of halogens is 1. The van der Waals surface area contributed by atoms with Crippen molar-refractivity contribution >= 4 is 33.0 Å². The van der Waals surface area contributed by atoms with Crippen LogP contribution < -0.4 is 15.0 Å². The lowest BCUT2D eigenvalue weighted by Crippen LogP contribution is -2.20. The molecule has 0 atom stereocenters. The van der Waals surface area contributed by atoms with Crippen LogP contribution in [0.2, 0.25) is 0 Å². The number of nitrogens with zero attached hydrogens (tertiary/aromatic N) is 3. The minimum absolute atomic E-state index is 0.214. The highest BCUT2D eigenvalue weighted by molar-refractivity contribution is 9.10. The Morgan fingerprint density at radius 2 is 1.79 bits per heavy atom. The van der Waals surface area contributed by atoms with Crippen LogP contribution in [0.3, 0.4) is 0 Å². The van der Waals surface area contributed by atoms with Gasteiger partial charge in [0.25, 0.3) is 5.56 Å². The number of benzene rings is 2. The average molecular weight is 444 g/mol. The molecule has 0 radical (unpaired) electrons. The van der Waals surface area contributed by atoms with E-state index in [1.165, 1.54) is 4.68 Å². The molecule has 0 N–H and O–H groups in total. The fourth-order valence-electron chi connectivity index (χ4n) is 2.87. The zero-order chi connectivity index (χ0) is 20.3. The summed E-state index contributed by atoms with van der Waals surface area (Å²) in [6.45, 7) is 8.66. The third-order valence-electron chi connectivity index (χ3n) is 4.21. The maximum Gasteiger partial charge on any atom is 0.282 e. The van der Waals surface area contributed by atoms with Gasteiger partial charge in [-0.15, -0.1) is 0 Å². The molecule has 1 aromatic heterocycles.